The number of hydrogen-bond donors (Lipinski definition) is 1. The molecule has 0 aromatic carbocycles. The molecule has 0 amide bonds. The van der Waals surface area contributed by atoms with Crippen molar-refractivity contribution in [3.05, 3.63) is 28.4 Å². The Morgan fingerprint density at radius 1 is 1.45 bits per heavy atom. The van der Waals surface area contributed by atoms with E-state index in [0.29, 0.717) is 12.4 Å². The Kier molecular flexibility index (Phi) is 4.97. The van der Waals surface area contributed by atoms with Gasteiger partial charge in [0.1, 0.15) is 0 Å². The van der Waals surface area contributed by atoms with E-state index < -0.39 is 4.92 Å². The van der Waals surface area contributed by atoms with Crippen LogP contribution < -0.4 is 5.32 Å². The van der Waals surface area contributed by atoms with Crippen molar-refractivity contribution in [3.63, 3.8) is 0 Å². The van der Waals surface area contributed by atoms with Crippen LogP contribution in [0.4, 0.5) is 11.5 Å². The van der Waals surface area contributed by atoms with Gasteiger partial charge in [-0.15, -0.1) is 0 Å². The average Bonchev–Trinajstić information content (AvgIpc) is 2.44. The van der Waals surface area contributed by atoms with Crippen molar-refractivity contribution >= 4 is 11.5 Å². The van der Waals surface area contributed by atoms with Gasteiger partial charge >= 0.3 is 5.69 Å². The molecule has 122 valence electrons. The van der Waals surface area contributed by atoms with Crippen molar-refractivity contribution in [2.75, 3.05) is 25.0 Å². The predicted molar refractivity (Wildman–Crippen MR) is 85.0 cm³/mol. The van der Waals surface area contributed by atoms with Crippen molar-refractivity contribution in [1.29, 1.82) is 0 Å². The van der Waals surface area contributed by atoms with Crippen LogP contribution in [0.2, 0.25) is 0 Å². The summed E-state index contributed by atoms with van der Waals surface area (Å²) in [5, 5.41) is 14.2. The first kappa shape index (κ1) is 16.6. The molecule has 0 bridgehead atoms. The van der Waals surface area contributed by atoms with E-state index in [2.05, 4.69) is 42.9 Å². The molecule has 1 N–H and O–H groups in total. The molecule has 1 saturated heterocycles. The van der Waals surface area contributed by atoms with Crippen molar-refractivity contribution in [3.8, 4) is 0 Å². The van der Waals surface area contributed by atoms with Crippen LogP contribution in [0.1, 0.15) is 27.7 Å². The first-order chi connectivity index (χ1) is 10.3. The van der Waals surface area contributed by atoms with Crippen molar-refractivity contribution in [2.45, 2.75) is 45.4 Å². The van der Waals surface area contributed by atoms with Crippen molar-refractivity contribution in [2.24, 2.45) is 0 Å². The monoisotopic (exact) mass is 308 g/mol. The summed E-state index contributed by atoms with van der Waals surface area (Å²) in [6.07, 6.45) is 1.93. The maximum atomic E-state index is 11.0. The fourth-order valence-electron chi connectivity index (χ4n) is 2.76. The molecule has 1 aliphatic heterocycles. The number of rotatable bonds is 5. The molecule has 7 nitrogen and oxygen atoms in total. The average molecular weight is 308 g/mol. The molecule has 2 rings (SSSR count). The van der Waals surface area contributed by atoms with Gasteiger partial charge in [0.05, 0.1) is 17.1 Å². The van der Waals surface area contributed by atoms with E-state index in [-0.39, 0.29) is 23.4 Å². The highest BCUT2D eigenvalue weighted by atomic mass is 16.6. The molecule has 1 fully saturated rings. The van der Waals surface area contributed by atoms with E-state index in [9.17, 15) is 10.1 Å². The van der Waals surface area contributed by atoms with E-state index in [4.69, 9.17) is 4.74 Å². The Morgan fingerprint density at radius 3 is 2.68 bits per heavy atom. The number of hydrogen-bond acceptors (Lipinski definition) is 6. The third-order valence-electron chi connectivity index (χ3n) is 3.95. The topological polar surface area (TPSA) is 80.5 Å². The van der Waals surface area contributed by atoms with Gasteiger partial charge < -0.3 is 10.1 Å². The quantitative estimate of drug-likeness (QED) is 0.664. The molecule has 1 aliphatic rings. The van der Waals surface area contributed by atoms with Gasteiger partial charge in [-0.05, 0) is 33.8 Å². The zero-order valence-corrected chi connectivity index (χ0v) is 13.6. The molecule has 1 aromatic rings. The lowest BCUT2D eigenvalue weighted by atomic mass is 10.00. The smallest absolute Gasteiger partial charge is 0.311 e. The SMILES string of the molecule is C[C@@H]1CN(C(C)(C)CNc2ncccc2[N+](=O)[O-])C[C@H](C)O1. The summed E-state index contributed by atoms with van der Waals surface area (Å²) >= 11 is 0. The van der Waals surface area contributed by atoms with Gasteiger partial charge in [0.15, 0.2) is 0 Å². The van der Waals surface area contributed by atoms with Crippen molar-refractivity contribution < 1.29 is 9.66 Å². The van der Waals surface area contributed by atoms with Crippen molar-refractivity contribution in [1.82, 2.24) is 9.88 Å². The zero-order valence-electron chi connectivity index (χ0n) is 13.6. The highest BCUT2D eigenvalue weighted by Gasteiger charge is 2.33. The molecule has 0 spiro atoms. The second-order valence-corrected chi connectivity index (χ2v) is 6.46. The van der Waals surface area contributed by atoms with E-state index in [1.54, 1.807) is 12.3 Å². The molecule has 0 aliphatic carbocycles. The van der Waals surface area contributed by atoms with Gasteiger partial charge in [-0.25, -0.2) is 4.98 Å². The van der Waals surface area contributed by atoms with Crippen LogP contribution >= 0.6 is 0 Å². The summed E-state index contributed by atoms with van der Waals surface area (Å²) in [6, 6.07) is 3.03. The molecule has 0 unspecified atom stereocenters. The second-order valence-electron chi connectivity index (χ2n) is 6.46. The molecule has 0 radical (unpaired) electrons. The van der Waals surface area contributed by atoms with E-state index >= 15 is 0 Å². The predicted octanol–water partition coefficient (Wildman–Crippen LogP) is 2.29. The fourth-order valence-corrected chi connectivity index (χ4v) is 2.76. The fraction of sp³-hybridized carbons (Fsp3) is 0.667. The Balaban J connectivity index is 2.05. The minimum atomic E-state index is -0.415. The number of aromatic nitrogens is 1. The highest BCUT2D eigenvalue weighted by Crippen LogP contribution is 2.24. The third-order valence-corrected chi connectivity index (χ3v) is 3.95. The molecular formula is C15H24N4O3. The summed E-state index contributed by atoms with van der Waals surface area (Å²) in [5.74, 6) is 0.315. The first-order valence-electron chi connectivity index (χ1n) is 7.53. The molecule has 22 heavy (non-hydrogen) atoms. The third kappa shape index (κ3) is 3.92. The molecular weight excluding hydrogens is 284 g/mol. The van der Waals surface area contributed by atoms with Crippen LogP contribution in [0.3, 0.4) is 0 Å². The number of nitro groups is 1. The summed E-state index contributed by atoms with van der Waals surface area (Å²) in [4.78, 5) is 17.1. The Hall–Kier alpha value is -1.73. The number of pyridine rings is 1. The summed E-state index contributed by atoms with van der Waals surface area (Å²) in [6.45, 7) is 10.7. The second kappa shape index (κ2) is 6.58. The van der Waals surface area contributed by atoms with Crippen LogP contribution in [0, 0.1) is 10.1 Å². The van der Waals surface area contributed by atoms with Crippen LogP contribution in [-0.2, 0) is 4.74 Å². The molecule has 2 heterocycles. The minimum absolute atomic E-state index is 0.00186. The standard InChI is InChI=1S/C15H24N4O3/c1-11-8-18(9-12(2)22-11)15(3,4)10-17-14-13(19(20)21)6-5-7-16-14/h5-7,11-12H,8-10H2,1-4H3,(H,16,17)/t11-,12+. The van der Waals surface area contributed by atoms with Gasteiger partial charge in [-0.3, -0.25) is 15.0 Å². The minimum Gasteiger partial charge on any atom is -0.373 e. The maximum absolute atomic E-state index is 11.0. The molecule has 0 saturated carbocycles. The molecule has 2 atom stereocenters. The largest absolute Gasteiger partial charge is 0.373 e. The van der Waals surface area contributed by atoms with E-state index in [1.165, 1.54) is 6.07 Å². The van der Waals surface area contributed by atoms with Gasteiger partial charge in [-0.2, -0.15) is 0 Å². The van der Waals surface area contributed by atoms with Crippen LogP contribution in [0.15, 0.2) is 18.3 Å². The first-order valence-corrected chi connectivity index (χ1v) is 7.53. The highest BCUT2D eigenvalue weighted by molar-refractivity contribution is 5.55. The lowest BCUT2D eigenvalue weighted by Crippen LogP contribution is -2.57. The van der Waals surface area contributed by atoms with Crippen LogP contribution in [0.5, 0.6) is 0 Å². The normalized spacial score (nSPS) is 23.3. The van der Waals surface area contributed by atoms with Gasteiger partial charge in [0.25, 0.3) is 0 Å². The van der Waals surface area contributed by atoms with Gasteiger partial charge in [0.2, 0.25) is 5.82 Å². The van der Waals surface area contributed by atoms with Gasteiger partial charge in [0, 0.05) is 37.4 Å². The number of anilines is 1. The van der Waals surface area contributed by atoms with E-state index in [0.717, 1.165) is 13.1 Å². The van der Waals surface area contributed by atoms with E-state index in [1.807, 2.05) is 0 Å². The zero-order chi connectivity index (χ0) is 16.3. The summed E-state index contributed by atoms with van der Waals surface area (Å²) in [5.41, 5.74) is -0.153. The molecule has 1 aromatic heterocycles. The van der Waals surface area contributed by atoms with Gasteiger partial charge in [-0.1, -0.05) is 0 Å². The number of morpholine rings is 1. The number of nitrogens with one attached hydrogen (secondary N) is 1. The lowest BCUT2D eigenvalue weighted by molar-refractivity contribution is -0.384. The molecule has 7 heteroatoms. The Labute approximate surface area is 130 Å². The maximum Gasteiger partial charge on any atom is 0.311 e. The number of ether oxygens (including phenoxy) is 1. The summed E-state index contributed by atoms with van der Waals surface area (Å²) in [7, 11) is 0. The van der Waals surface area contributed by atoms with Crippen LogP contribution in [-0.4, -0.2) is 52.2 Å². The lowest BCUT2D eigenvalue weighted by Gasteiger charge is -2.45. The Bertz CT molecular complexity index is 525. The Morgan fingerprint density at radius 2 is 2.09 bits per heavy atom. The summed E-state index contributed by atoms with van der Waals surface area (Å²) < 4.78 is 5.76. The number of nitrogens with zero attached hydrogens (tertiary/aromatic N) is 3. The van der Waals surface area contributed by atoms with Crippen LogP contribution in [0.25, 0.3) is 0 Å².